The van der Waals surface area contributed by atoms with E-state index in [9.17, 15) is 22.0 Å². The van der Waals surface area contributed by atoms with E-state index < -0.39 is 37.1 Å². The molecule has 0 aliphatic rings. The number of ether oxygens (including phenoxy) is 1. The van der Waals surface area contributed by atoms with Gasteiger partial charge >= 0.3 is 10.1 Å². The van der Waals surface area contributed by atoms with Crippen LogP contribution in [0.5, 0.6) is 11.5 Å². The fraction of sp³-hybridized carbons (Fsp3) is 0.105. The van der Waals surface area contributed by atoms with Gasteiger partial charge in [0, 0.05) is 0 Å². The average molecular weight is 437 g/mol. The Balaban J connectivity index is 1.95. The summed E-state index contributed by atoms with van der Waals surface area (Å²) >= 11 is 0.529. The molecular weight excluding hydrogens is 424 g/mol. The van der Waals surface area contributed by atoms with Crippen LogP contribution in [-0.2, 0) is 10.1 Å². The minimum absolute atomic E-state index is 0.0886. The summed E-state index contributed by atoms with van der Waals surface area (Å²) in [7, 11) is -3.16. The predicted molar refractivity (Wildman–Crippen MR) is 105 cm³/mol. The summed E-state index contributed by atoms with van der Waals surface area (Å²) in [4.78, 5) is 15.5. The highest BCUT2D eigenvalue weighted by Gasteiger charge is 2.27. The Kier molecular flexibility index (Phi) is 4.55. The van der Waals surface area contributed by atoms with E-state index >= 15 is 0 Å². The molecule has 6 nitrogen and oxygen atoms in total. The molecule has 2 aromatic carbocycles. The molecule has 0 spiro atoms. The number of rotatable bonds is 4. The van der Waals surface area contributed by atoms with Crippen LogP contribution in [0.15, 0.2) is 46.1 Å². The Bertz CT molecular complexity index is 1440. The van der Waals surface area contributed by atoms with E-state index in [-0.39, 0.29) is 21.2 Å². The highest BCUT2D eigenvalue weighted by Crippen LogP contribution is 2.37. The molecule has 0 amide bonds. The molecule has 2 heterocycles. The molecule has 0 saturated heterocycles. The van der Waals surface area contributed by atoms with Gasteiger partial charge in [-0.15, -0.1) is 0 Å². The van der Waals surface area contributed by atoms with E-state index in [1.54, 1.807) is 12.1 Å². The van der Waals surface area contributed by atoms with Crippen molar-refractivity contribution in [1.82, 2.24) is 4.98 Å². The maximum Gasteiger partial charge on any atom is 0.339 e. The lowest BCUT2D eigenvalue weighted by Crippen LogP contribution is -2.13. The summed E-state index contributed by atoms with van der Waals surface area (Å²) in [5, 5.41) is -1.06. The van der Waals surface area contributed by atoms with Crippen molar-refractivity contribution >= 4 is 42.6 Å². The summed E-state index contributed by atoms with van der Waals surface area (Å²) < 4.78 is 63.7. The molecule has 0 bridgehead atoms. The molecule has 2 aromatic heterocycles. The van der Waals surface area contributed by atoms with Crippen molar-refractivity contribution in [2.24, 2.45) is 0 Å². The molecular formula is C19H13F2NO5S2. The summed E-state index contributed by atoms with van der Waals surface area (Å²) in [5.41, 5.74) is -0.0477. The minimum Gasteiger partial charge on any atom is -0.495 e. The van der Waals surface area contributed by atoms with Crippen LogP contribution in [0.3, 0.4) is 0 Å². The topological polar surface area (TPSA) is 85.5 Å². The summed E-state index contributed by atoms with van der Waals surface area (Å²) in [6, 6.07) is 7.85. The maximum atomic E-state index is 14.6. The predicted octanol–water partition coefficient (Wildman–Crippen LogP) is 4.11. The van der Waals surface area contributed by atoms with E-state index in [4.69, 9.17) is 8.92 Å². The van der Waals surface area contributed by atoms with Crippen molar-refractivity contribution in [3.05, 3.63) is 63.1 Å². The van der Waals surface area contributed by atoms with Gasteiger partial charge in [0.05, 0.1) is 18.0 Å². The van der Waals surface area contributed by atoms with E-state index in [2.05, 4.69) is 4.98 Å². The number of para-hydroxylation sites is 1. The third-order valence-electron chi connectivity index (χ3n) is 4.39. The first-order chi connectivity index (χ1) is 13.7. The first-order valence-electron chi connectivity index (χ1n) is 8.24. The van der Waals surface area contributed by atoms with Gasteiger partial charge in [-0.2, -0.15) is 12.8 Å². The Labute approximate surface area is 167 Å². The quantitative estimate of drug-likeness (QED) is 0.486. The second-order valence-corrected chi connectivity index (χ2v) is 8.68. The number of halogens is 2. The molecule has 0 radical (unpaired) electrons. The lowest BCUT2D eigenvalue weighted by molar-refractivity contribution is 0.419. The molecule has 0 fully saturated rings. The second-order valence-electron chi connectivity index (χ2n) is 6.19. The smallest absolute Gasteiger partial charge is 0.339 e. The maximum absolute atomic E-state index is 14.6. The van der Waals surface area contributed by atoms with Crippen LogP contribution in [-0.4, -0.2) is 20.5 Å². The van der Waals surface area contributed by atoms with Gasteiger partial charge in [0.15, 0.2) is 0 Å². The van der Waals surface area contributed by atoms with Crippen LogP contribution >= 0.6 is 11.3 Å². The fourth-order valence-corrected chi connectivity index (χ4v) is 5.12. The summed E-state index contributed by atoms with van der Waals surface area (Å²) in [6.07, 6.45) is 0. The number of aromatic amines is 1. The number of nitrogens with one attached hydrogen (secondary N) is 1. The number of benzene rings is 2. The third-order valence-corrected chi connectivity index (χ3v) is 6.63. The van der Waals surface area contributed by atoms with E-state index in [0.29, 0.717) is 22.6 Å². The van der Waals surface area contributed by atoms with E-state index in [1.165, 1.54) is 26.2 Å². The SMILES string of the molecule is COc1cccc2c(=O)c3c(OS(=O)(=O)c4cc(F)ccc4C)c(F)sc3[nH]c12. The standard InChI is InChI=1S/C19H13F2NO5S2/c1-9-6-7-10(20)8-13(9)29(24,25)27-17-14-16(23)11-4-3-5-12(26-2)15(11)22-19(14)28-18(17)21/h3-8H,1-2H3,(H,22,23). The average Bonchev–Trinajstić information content (AvgIpc) is 2.98. The van der Waals surface area contributed by atoms with Crippen molar-refractivity contribution in [1.29, 1.82) is 0 Å². The van der Waals surface area contributed by atoms with E-state index in [1.807, 2.05) is 0 Å². The Morgan fingerprint density at radius 2 is 1.90 bits per heavy atom. The number of H-pyrrole nitrogens is 1. The van der Waals surface area contributed by atoms with Gasteiger partial charge in [-0.05, 0) is 36.8 Å². The van der Waals surface area contributed by atoms with Gasteiger partial charge in [0.1, 0.15) is 26.7 Å². The number of hydrogen-bond donors (Lipinski definition) is 1. The van der Waals surface area contributed by atoms with Crippen LogP contribution in [0.2, 0.25) is 0 Å². The number of aryl methyl sites for hydroxylation is 1. The zero-order chi connectivity index (χ0) is 20.9. The number of thiophene rings is 1. The van der Waals surface area contributed by atoms with Crippen LogP contribution in [0.4, 0.5) is 8.78 Å². The molecule has 29 heavy (non-hydrogen) atoms. The second kappa shape index (κ2) is 6.82. The van der Waals surface area contributed by atoms with Crippen molar-refractivity contribution in [3.63, 3.8) is 0 Å². The first-order valence-corrected chi connectivity index (χ1v) is 10.5. The van der Waals surface area contributed by atoms with Gasteiger partial charge < -0.3 is 13.9 Å². The molecule has 0 aliphatic heterocycles. The molecule has 4 aromatic rings. The summed E-state index contributed by atoms with van der Waals surface area (Å²) in [6.45, 7) is 1.45. The Morgan fingerprint density at radius 3 is 2.62 bits per heavy atom. The van der Waals surface area contributed by atoms with E-state index in [0.717, 1.165) is 12.1 Å². The first kappa shape index (κ1) is 19.3. The zero-order valence-electron chi connectivity index (χ0n) is 15.1. The Morgan fingerprint density at radius 1 is 1.14 bits per heavy atom. The van der Waals surface area contributed by atoms with Crippen LogP contribution in [0.25, 0.3) is 21.1 Å². The third kappa shape index (κ3) is 3.14. The lowest BCUT2D eigenvalue weighted by atomic mass is 10.1. The van der Waals surface area contributed by atoms with Gasteiger partial charge in [0.25, 0.3) is 0 Å². The highest BCUT2D eigenvalue weighted by molar-refractivity contribution is 7.87. The zero-order valence-corrected chi connectivity index (χ0v) is 16.7. The lowest BCUT2D eigenvalue weighted by Gasteiger charge is -2.09. The van der Waals surface area contributed by atoms with Crippen molar-refractivity contribution in [3.8, 4) is 11.5 Å². The number of fused-ring (bicyclic) bond motifs is 2. The van der Waals surface area contributed by atoms with Crippen LogP contribution < -0.4 is 14.3 Å². The van der Waals surface area contributed by atoms with Crippen LogP contribution in [0, 0.1) is 17.9 Å². The Hall–Kier alpha value is -2.98. The molecule has 0 aliphatic carbocycles. The van der Waals surface area contributed by atoms with Gasteiger partial charge in [-0.3, -0.25) is 4.79 Å². The molecule has 0 saturated carbocycles. The summed E-state index contributed by atoms with van der Waals surface area (Å²) in [5.74, 6) is -1.13. The largest absolute Gasteiger partial charge is 0.495 e. The van der Waals surface area contributed by atoms with Gasteiger partial charge in [-0.1, -0.05) is 23.5 Å². The molecule has 1 N–H and O–H groups in total. The minimum atomic E-state index is -4.58. The van der Waals surface area contributed by atoms with Gasteiger partial charge in [0.2, 0.25) is 16.3 Å². The monoisotopic (exact) mass is 437 g/mol. The molecule has 0 atom stereocenters. The van der Waals surface area contributed by atoms with Gasteiger partial charge in [-0.25, -0.2) is 4.39 Å². The molecule has 0 unspecified atom stereocenters. The number of hydrogen-bond acceptors (Lipinski definition) is 6. The van der Waals surface area contributed by atoms with Crippen molar-refractivity contribution < 1.29 is 26.1 Å². The van der Waals surface area contributed by atoms with Crippen molar-refractivity contribution in [2.75, 3.05) is 7.11 Å². The number of pyridine rings is 1. The molecule has 4 rings (SSSR count). The number of aromatic nitrogens is 1. The van der Waals surface area contributed by atoms with Crippen LogP contribution in [0.1, 0.15) is 5.56 Å². The normalized spacial score (nSPS) is 11.9. The highest BCUT2D eigenvalue weighted by atomic mass is 32.2. The van der Waals surface area contributed by atoms with Crippen molar-refractivity contribution in [2.45, 2.75) is 11.8 Å². The number of methoxy groups -OCH3 is 1. The molecule has 10 heteroatoms. The molecule has 150 valence electrons. The fourth-order valence-electron chi connectivity index (χ4n) is 3.02.